The van der Waals surface area contributed by atoms with Crippen molar-refractivity contribution in [1.29, 1.82) is 5.26 Å². The average molecular weight is 472 g/mol. The third-order valence-corrected chi connectivity index (χ3v) is 7.46. The summed E-state index contributed by atoms with van der Waals surface area (Å²) in [6.45, 7) is 7.98. The molecule has 5 aromatic rings. The first-order valence-corrected chi connectivity index (χ1v) is 12.6. The molecule has 2 aromatic heterocycles. The molecule has 1 saturated heterocycles. The number of pyridine rings is 1. The third kappa shape index (κ3) is 3.67. The van der Waals surface area contributed by atoms with Gasteiger partial charge in [-0.3, -0.25) is 4.40 Å². The Bertz CT molecular complexity index is 1600. The van der Waals surface area contributed by atoms with Crippen molar-refractivity contribution in [3.8, 4) is 6.07 Å². The molecule has 5 heteroatoms. The molecule has 0 N–H and O–H groups in total. The zero-order chi connectivity index (χ0) is 24.6. The number of benzene rings is 3. The van der Waals surface area contributed by atoms with Gasteiger partial charge in [0, 0.05) is 43.9 Å². The Labute approximate surface area is 211 Å². The van der Waals surface area contributed by atoms with Crippen molar-refractivity contribution >= 4 is 28.2 Å². The summed E-state index contributed by atoms with van der Waals surface area (Å²) < 4.78 is 2.24. The Morgan fingerprint density at radius 3 is 2.22 bits per heavy atom. The Balaban J connectivity index is 1.51. The molecule has 1 aliphatic heterocycles. The Hall–Kier alpha value is -4.30. The molecule has 3 aromatic carbocycles. The number of anilines is 2. The van der Waals surface area contributed by atoms with E-state index >= 15 is 0 Å². The lowest BCUT2D eigenvalue weighted by atomic mass is 9.97. The number of fused-ring (bicyclic) bond motifs is 3. The van der Waals surface area contributed by atoms with Crippen LogP contribution in [0.3, 0.4) is 0 Å². The fourth-order valence-corrected chi connectivity index (χ4v) is 5.58. The zero-order valence-corrected chi connectivity index (χ0v) is 20.8. The number of aromatic nitrogens is 2. The van der Waals surface area contributed by atoms with E-state index in [2.05, 4.69) is 101 Å². The molecule has 0 spiro atoms. The van der Waals surface area contributed by atoms with Gasteiger partial charge in [0.2, 0.25) is 0 Å². The summed E-state index contributed by atoms with van der Waals surface area (Å²) in [5.74, 6) is 1.17. The molecule has 178 valence electrons. The predicted molar refractivity (Wildman–Crippen MR) is 147 cm³/mol. The van der Waals surface area contributed by atoms with E-state index in [0.717, 1.165) is 54.8 Å². The first-order chi connectivity index (χ1) is 17.7. The second-order valence-corrected chi connectivity index (χ2v) is 9.60. The van der Waals surface area contributed by atoms with Gasteiger partial charge < -0.3 is 9.80 Å². The van der Waals surface area contributed by atoms with Crippen molar-refractivity contribution in [3.05, 3.63) is 107 Å². The predicted octanol–water partition coefficient (Wildman–Crippen LogP) is 5.89. The molecule has 6 rings (SSSR count). The number of hydrogen-bond acceptors (Lipinski definition) is 4. The minimum atomic E-state index is 0.666. The maximum Gasteiger partial charge on any atom is 0.157 e. The van der Waals surface area contributed by atoms with E-state index in [-0.39, 0.29) is 0 Å². The number of nitrogens with zero attached hydrogens (tertiary/aromatic N) is 5. The second-order valence-electron chi connectivity index (χ2n) is 9.60. The molecule has 0 radical (unpaired) electrons. The van der Waals surface area contributed by atoms with Crippen LogP contribution in [0.5, 0.6) is 0 Å². The number of piperazine rings is 1. The summed E-state index contributed by atoms with van der Waals surface area (Å²) in [6.07, 6.45) is 0.775. The minimum Gasteiger partial charge on any atom is -0.368 e. The van der Waals surface area contributed by atoms with E-state index < -0.39 is 0 Å². The summed E-state index contributed by atoms with van der Waals surface area (Å²) in [5.41, 5.74) is 9.50. The Morgan fingerprint density at radius 1 is 0.806 bits per heavy atom. The van der Waals surface area contributed by atoms with Gasteiger partial charge in [-0.25, -0.2) is 4.98 Å². The number of aryl methyl sites for hydroxylation is 1. The van der Waals surface area contributed by atoms with Crippen LogP contribution < -0.4 is 9.80 Å². The first kappa shape index (κ1) is 22.2. The van der Waals surface area contributed by atoms with Crippen LogP contribution in [0.2, 0.25) is 0 Å². The SMILES string of the molecule is Cc1ccccc1N1CCN(c2c(Cc3ccccc3)c(C)c(C#N)c3nc4ccccc4n23)CC1. The summed E-state index contributed by atoms with van der Waals surface area (Å²) in [6, 6.07) is 29.9. The quantitative estimate of drug-likeness (QED) is 0.328. The van der Waals surface area contributed by atoms with Crippen LogP contribution in [0.4, 0.5) is 11.5 Å². The monoisotopic (exact) mass is 471 g/mol. The lowest BCUT2D eigenvalue weighted by Gasteiger charge is -2.39. The summed E-state index contributed by atoms with van der Waals surface area (Å²) in [7, 11) is 0. The van der Waals surface area contributed by atoms with Crippen LogP contribution in [0.1, 0.15) is 27.8 Å². The Morgan fingerprint density at radius 2 is 1.47 bits per heavy atom. The highest BCUT2D eigenvalue weighted by atomic mass is 15.3. The fraction of sp³-hybridized carbons (Fsp3) is 0.226. The van der Waals surface area contributed by atoms with E-state index in [1.807, 2.05) is 12.1 Å². The molecule has 0 aliphatic carbocycles. The highest BCUT2D eigenvalue weighted by Crippen LogP contribution is 2.35. The van der Waals surface area contributed by atoms with Crippen LogP contribution in [-0.2, 0) is 6.42 Å². The van der Waals surface area contributed by atoms with Gasteiger partial charge in [0.25, 0.3) is 0 Å². The van der Waals surface area contributed by atoms with Gasteiger partial charge in [0.1, 0.15) is 11.9 Å². The number of para-hydroxylation sites is 3. The molecule has 36 heavy (non-hydrogen) atoms. The first-order valence-electron chi connectivity index (χ1n) is 12.6. The zero-order valence-electron chi connectivity index (χ0n) is 20.8. The number of nitriles is 1. The largest absolute Gasteiger partial charge is 0.368 e. The topological polar surface area (TPSA) is 47.6 Å². The van der Waals surface area contributed by atoms with Gasteiger partial charge in [0.05, 0.1) is 16.6 Å². The van der Waals surface area contributed by atoms with E-state index in [0.29, 0.717) is 5.56 Å². The van der Waals surface area contributed by atoms with Crippen LogP contribution in [0.25, 0.3) is 16.7 Å². The minimum absolute atomic E-state index is 0.666. The summed E-state index contributed by atoms with van der Waals surface area (Å²) in [4.78, 5) is 9.92. The maximum atomic E-state index is 10.2. The van der Waals surface area contributed by atoms with E-state index in [1.165, 1.54) is 28.2 Å². The van der Waals surface area contributed by atoms with Gasteiger partial charge >= 0.3 is 0 Å². The van der Waals surface area contributed by atoms with Crippen LogP contribution >= 0.6 is 0 Å². The molecular weight excluding hydrogens is 442 g/mol. The van der Waals surface area contributed by atoms with Crippen molar-refractivity contribution in [2.45, 2.75) is 20.3 Å². The second kappa shape index (κ2) is 9.05. The van der Waals surface area contributed by atoms with Crippen molar-refractivity contribution < 1.29 is 0 Å². The molecule has 5 nitrogen and oxygen atoms in total. The molecule has 0 atom stereocenters. The van der Waals surface area contributed by atoms with Crippen LogP contribution in [-0.4, -0.2) is 35.6 Å². The molecule has 1 aliphatic rings. The maximum absolute atomic E-state index is 10.2. The van der Waals surface area contributed by atoms with E-state index in [9.17, 15) is 5.26 Å². The van der Waals surface area contributed by atoms with Crippen LogP contribution in [0, 0.1) is 25.2 Å². The molecule has 0 bridgehead atoms. The van der Waals surface area contributed by atoms with Gasteiger partial charge in [0.15, 0.2) is 5.65 Å². The van der Waals surface area contributed by atoms with Gasteiger partial charge in [-0.05, 0) is 48.7 Å². The molecule has 1 fully saturated rings. The molecule has 3 heterocycles. The highest BCUT2D eigenvalue weighted by Gasteiger charge is 2.27. The third-order valence-electron chi connectivity index (χ3n) is 7.46. The smallest absolute Gasteiger partial charge is 0.157 e. The summed E-state index contributed by atoms with van der Waals surface area (Å²) in [5, 5.41) is 10.2. The standard InChI is InChI=1S/C31H29N5/c1-22-10-6-8-14-28(22)34-16-18-35(19-17-34)31-25(20-24-11-4-3-5-12-24)23(2)26(21-32)30-33-27-13-7-9-15-29(27)36(30)31/h3-15H,16-20H2,1-2H3. The Kier molecular flexibility index (Phi) is 5.58. The van der Waals surface area contributed by atoms with Crippen LogP contribution in [0.15, 0.2) is 78.9 Å². The average Bonchev–Trinajstić information content (AvgIpc) is 3.29. The van der Waals surface area contributed by atoms with E-state index in [1.54, 1.807) is 0 Å². The van der Waals surface area contributed by atoms with E-state index in [4.69, 9.17) is 4.98 Å². The number of rotatable bonds is 4. The lowest BCUT2D eigenvalue weighted by molar-refractivity contribution is 0.642. The molecule has 0 saturated carbocycles. The fourth-order valence-electron chi connectivity index (χ4n) is 5.58. The highest BCUT2D eigenvalue weighted by molar-refractivity contribution is 5.86. The van der Waals surface area contributed by atoms with Crippen molar-refractivity contribution in [1.82, 2.24) is 9.38 Å². The van der Waals surface area contributed by atoms with Gasteiger partial charge in [-0.15, -0.1) is 0 Å². The van der Waals surface area contributed by atoms with Gasteiger partial charge in [-0.1, -0.05) is 60.7 Å². The number of imidazole rings is 1. The summed E-state index contributed by atoms with van der Waals surface area (Å²) >= 11 is 0. The van der Waals surface area contributed by atoms with Gasteiger partial charge in [-0.2, -0.15) is 5.26 Å². The molecule has 0 unspecified atom stereocenters. The molecule has 0 amide bonds. The van der Waals surface area contributed by atoms with Crippen molar-refractivity contribution in [2.75, 3.05) is 36.0 Å². The number of hydrogen-bond donors (Lipinski definition) is 0. The molecular formula is C31H29N5. The van der Waals surface area contributed by atoms with Crippen molar-refractivity contribution in [3.63, 3.8) is 0 Å². The normalized spacial score (nSPS) is 13.9. The van der Waals surface area contributed by atoms with Crippen molar-refractivity contribution in [2.24, 2.45) is 0 Å². The lowest BCUT2D eigenvalue weighted by Crippen LogP contribution is -2.47.